The van der Waals surface area contributed by atoms with Gasteiger partial charge in [0.25, 0.3) is 0 Å². The molecule has 0 radical (unpaired) electrons. The minimum atomic E-state index is -5.39. The van der Waals surface area contributed by atoms with Crippen molar-refractivity contribution in [3.05, 3.63) is 65.1 Å². The molecule has 3 rings (SSSR count). The van der Waals surface area contributed by atoms with Gasteiger partial charge in [-0.2, -0.15) is 26.3 Å². The van der Waals surface area contributed by atoms with E-state index >= 15 is 0 Å². The van der Waals surface area contributed by atoms with Gasteiger partial charge < -0.3 is 25.3 Å². The predicted octanol–water partition coefficient (Wildman–Crippen LogP) is 5.23. The SMILES string of the molecule is CN(C(=O)Oc1c(/C(C=N)=C/NCC2(O)CCOC2)cc(C(F)(F)F)cc1C(F)(F)F)c1ccc(F)cc1. The summed E-state index contributed by atoms with van der Waals surface area (Å²) in [7, 11) is 1.10. The van der Waals surface area contributed by atoms with Gasteiger partial charge in [0, 0.05) is 55.9 Å². The first kappa shape index (κ1) is 28.9. The quantitative estimate of drug-likeness (QED) is 0.325. The van der Waals surface area contributed by atoms with Crippen molar-refractivity contribution in [2.45, 2.75) is 24.4 Å². The second kappa shape index (κ2) is 11.0. The second-order valence-electron chi connectivity index (χ2n) is 8.45. The summed E-state index contributed by atoms with van der Waals surface area (Å²) in [6.45, 7) is 0.0234. The molecule has 3 N–H and O–H groups in total. The fourth-order valence-electron chi connectivity index (χ4n) is 3.54. The van der Waals surface area contributed by atoms with Crippen LogP contribution in [0.3, 0.4) is 0 Å². The Morgan fingerprint density at radius 3 is 2.37 bits per heavy atom. The number of amides is 1. The van der Waals surface area contributed by atoms with Crippen LogP contribution in [0.1, 0.15) is 23.1 Å². The number of carbonyl (C=O) groups is 1. The van der Waals surface area contributed by atoms with E-state index in [1.807, 2.05) is 0 Å². The number of aliphatic hydroxyl groups is 1. The van der Waals surface area contributed by atoms with Crippen molar-refractivity contribution >= 4 is 23.6 Å². The molecule has 1 atom stereocenters. The molecule has 14 heteroatoms. The van der Waals surface area contributed by atoms with Crippen LogP contribution in [0.2, 0.25) is 0 Å². The number of nitrogens with zero attached hydrogens (tertiary/aromatic N) is 1. The average molecular weight is 549 g/mol. The zero-order valence-electron chi connectivity index (χ0n) is 19.7. The summed E-state index contributed by atoms with van der Waals surface area (Å²) < 4.78 is 106. The van der Waals surface area contributed by atoms with E-state index in [1.54, 1.807) is 0 Å². The summed E-state index contributed by atoms with van der Waals surface area (Å²) in [5, 5.41) is 20.6. The van der Waals surface area contributed by atoms with E-state index in [0.717, 1.165) is 42.4 Å². The van der Waals surface area contributed by atoms with Gasteiger partial charge in [0.05, 0.1) is 17.7 Å². The highest BCUT2D eigenvalue weighted by molar-refractivity contribution is 6.10. The predicted molar refractivity (Wildman–Crippen MR) is 122 cm³/mol. The van der Waals surface area contributed by atoms with Crippen LogP contribution in [-0.2, 0) is 17.1 Å². The number of allylic oxidation sites excluding steroid dienone is 1. The molecule has 1 amide bonds. The maximum absolute atomic E-state index is 13.9. The van der Waals surface area contributed by atoms with Crippen LogP contribution in [0.25, 0.3) is 5.57 Å². The Bertz CT molecular complexity index is 1210. The Balaban J connectivity index is 2.09. The normalized spacial score (nSPS) is 18.3. The molecule has 1 saturated heterocycles. The molecular formula is C24H22F7N3O4. The van der Waals surface area contributed by atoms with Gasteiger partial charge in [-0.15, -0.1) is 0 Å². The molecule has 0 aromatic heterocycles. The first-order valence-electron chi connectivity index (χ1n) is 10.9. The van der Waals surface area contributed by atoms with Crippen molar-refractivity contribution in [2.75, 3.05) is 31.7 Å². The number of rotatable bonds is 7. The Labute approximate surface area is 212 Å². The third kappa shape index (κ3) is 6.81. The molecule has 0 aliphatic carbocycles. The number of benzene rings is 2. The molecule has 0 spiro atoms. The summed E-state index contributed by atoms with van der Waals surface area (Å²) in [6, 6.07) is 4.36. The molecule has 2 aromatic carbocycles. The summed E-state index contributed by atoms with van der Waals surface area (Å²) in [5.74, 6) is -1.93. The molecule has 1 heterocycles. The van der Waals surface area contributed by atoms with Crippen molar-refractivity contribution in [1.82, 2.24) is 5.32 Å². The number of nitrogens with one attached hydrogen (secondary N) is 2. The van der Waals surface area contributed by atoms with Gasteiger partial charge in [0.1, 0.15) is 11.4 Å². The monoisotopic (exact) mass is 549 g/mol. The highest BCUT2D eigenvalue weighted by Crippen LogP contribution is 2.44. The number of halogens is 7. The Hall–Kier alpha value is -3.65. The first-order valence-corrected chi connectivity index (χ1v) is 10.9. The van der Waals surface area contributed by atoms with E-state index in [-0.39, 0.29) is 37.9 Å². The van der Waals surface area contributed by atoms with Crippen LogP contribution in [-0.4, -0.2) is 49.8 Å². The number of carbonyl (C=O) groups excluding carboxylic acids is 1. The van der Waals surface area contributed by atoms with Crippen molar-refractivity contribution in [1.29, 1.82) is 5.41 Å². The third-order valence-electron chi connectivity index (χ3n) is 5.64. The van der Waals surface area contributed by atoms with Crippen LogP contribution in [0, 0.1) is 11.2 Å². The summed E-state index contributed by atoms with van der Waals surface area (Å²) >= 11 is 0. The van der Waals surface area contributed by atoms with Gasteiger partial charge >= 0.3 is 18.4 Å². The maximum Gasteiger partial charge on any atom is 0.420 e. The summed E-state index contributed by atoms with van der Waals surface area (Å²) in [4.78, 5) is 13.5. The minimum absolute atomic E-state index is 0.0231. The molecular weight excluding hydrogens is 527 g/mol. The van der Waals surface area contributed by atoms with E-state index in [1.165, 1.54) is 0 Å². The minimum Gasteiger partial charge on any atom is -0.409 e. The van der Waals surface area contributed by atoms with Gasteiger partial charge in [-0.3, -0.25) is 4.90 Å². The molecule has 1 aliphatic rings. The highest BCUT2D eigenvalue weighted by Gasteiger charge is 2.41. The number of hydrogen-bond donors (Lipinski definition) is 3. The maximum atomic E-state index is 13.9. The summed E-state index contributed by atoms with van der Waals surface area (Å²) in [6.07, 6.45) is -10.4. The fraction of sp³-hybridized carbons (Fsp3) is 0.333. The third-order valence-corrected chi connectivity index (χ3v) is 5.64. The lowest BCUT2D eigenvalue weighted by Crippen LogP contribution is -2.39. The lowest BCUT2D eigenvalue weighted by atomic mass is 9.98. The van der Waals surface area contributed by atoms with Crippen molar-refractivity contribution in [3.8, 4) is 5.75 Å². The van der Waals surface area contributed by atoms with E-state index in [4.69, 9.17) is 14.9 Å². The van der Waals surface area contributed by atoms with Gasteiger partial charge in [0.15, 0.2) is 5.75 Å². The molecule has 1 fully saturated rings. The van der Waals surface area contributed by atoms with E-state index < -0.39 is 57.9 Å². The van der Waals surface area contributed by atoms with Crippen LogP contribution in [0.4, 0.5) is 41.2 Å². The van der Waals surface area contributed by atoms with Gasteiger partial charge in [-0.1, -0.05) is 0 Å². The largest absolute Gasteiger partial charge is 0.420 e. The molecule has 7 nitrogen and oxygen atoms in total. The van der Waals surface area contributed by atoms with Crippen molar-refractivity contribution in [2.24, 2.45) is 0 Å². The smallest absolute Gasteiger partial charge is 0.409 e. The Morgan fingerprint density at radius 1 is 1.18 bits per heavy atom. The fourth-order valence-corrected chi connectivity index (χ4v) is 3.54. The molecule has 38 heavy (non-hydrogen) atoms. The topological polar surface area (TPSA) is 94.9 Å². The van der Waals surface area contributed by atoms with Gasteiger partial charge in [-0.05, 0) is 36.4 Å². The lowest BCUT2D eigenvalue weighted by Gasteiger charge is -2.23. The highest BCUT2D eigenvalue weighted by atomic mass is 19.4. The molecule has 1 unspecified atom stereocenters. The van der Waals surface area contributed by atoms with E-state index in [9.17, 15) is 40.6 Å². The molecule has 0 saturated carbocycles. The Morgan fingerprint density at radius 2 is 1.84 bits per heavy atom. The number of anilines is 1. The van der Waals surface area contributed by atoms with Gasteiger partial charge in [0.2, 0.25) is 0 Å². The van der Waals surface area contributed by atoms with Crippen LogP contribution < -0.4 is 15.0 Å². The van der Waals surface area contributed by atoms with Gasteiger partial charge in [-0.25, -0.2) is 9.18 Å². The Kier molecular flexibility index (Phi) is 8.36. The molecule has 2 aromatic rings. The standard InChI is InChI=1S/C24H22F7N3O4/c1-34(17-4-2-16(25)3-5-17)21(35)38-20-18(8-15(23(26,27)28)9-19(20)24(29,30)31)14(10-32)11-33-12-22(36)6-7-37-13-22/h2-5,8-11,32-33,36H,6-7,12-13H2,1H3/b14-11+,32-10?. The average Bonchev–Trinajstić information content (AvgIpc) is 3.27. The first-order chi connectivity index (χ1) is 17.6. The van der Waals surface area contributed by atoms with E-state index in [0.29, 0.717) is 12.3 Å². The van der Waals surface area contributed by atoms with Crippen LogP contribution >= 0.6 is 0 Å². The zero-order chi connectivity index (χ0) is 28.3. The van der Waals surface area contributed by atoms with E-state index in [2.05, 4.69) is 5.32 Å². The number of hydrogen-bond acceptors (Lipinski definition) is 6. The second-order valence-corrected chi connectivity index (χ2v) is 8.45. The summed E-state index contributed by atoms with van der Waals surface area (Å²) in [5.41, 5.74) is -6.26. The molecule has 0 bridgehead atoms. The van der Waals surface area contributed by atoms with Crippen molar-refractivity contribution < 1.29 is 50.1 Å². The van der Waals surface area contributed by atoms with Crippen molar-refractivity contribution in [3.63, 3.8) is 0 Å². The van der Waals surface area contributed by atoms with Crippen LogP contribution in [0.5, 0.6) is 5.75 Å². The lowest BCUT2D eigenvalue weighted by molar-refractivity contribution is -0.143. The molecule has 206 valence electrons. The number of ether oxygens (including phenoxy) is 2. The number of alkyl halides is 6. The molecule has 1 aliphatic heterocycles. The zero-order valence-corrected chi connectivity index (χ0v) is 19.7. The van der Waals surface area contributed by atoms with Crippen LogP contribution in [0.15, 0.2) is 42.6 Å².